The maximum absolute atomic E-state index is 11.7. The van der Waals surface area contributed by atoms with E-state index >= 15 is 0 Å². The van der Waals surface area contributed by atoms with Crippen molar-refractivity contribution in [3.05, 3.63) is 133 Å². The summed E-state index contributed by atoms with van der Waals surface area (Å²) in [5.74, 6) is -0.412. The van der Waals surface area contributed by atoms with Crippen LogP contribution in [-0.2, 0) is 6.61 Å². The second-order valence-corrected chi connectivity index (χ2v) is 8.85. The zero-order valence-electron chi connectivity index (χ0n) is 20.4. The summed E-state index contributed by atoms with van der Waals surface area (Å²) < 4.78 is 7.77. The Bertz CT molecular complexity index is 1730. The van der Waals surface area contributed by atoms with E-state index in [1.165, 1.54) is 6.07 Å². The van der Waals surface area contributed by atoms with Gasteiger partial charge in [0.05, 0.1) is 11.4 Å². The quantitative estimate of drug-likeness (QED) is 0.257. The lowest BCUT2D eigenvalue weighted by atomic mass is 10.0. The van der Waals surface area contributed by atoms with Gasteiger partial charge in [0, 0.05) is 17.2 Å². The summed E-state index contributed by atoms with van der Waals surface area (Å²) in [6.07, 6.45) is 0. The minimum atomic E-state index is -1.10. The zero-order valence-corrected chi connectivity index (χ0v) is 20.4. The van der Waals surface area contributed by atoms with Gasteiger partial charge in [0.15, 0.2) is 11.3 Å². The van der Waals surface area contributed by atoms with Gasteiger partial charge in [-0.2, -0.15) is 5.10 Å². The topological polar surface area (TPSA) is 76.7 Å². The first-order chi connectivity index (χ1) is 18.7. The van der Waals surface area contributed by atoms with E-state index in [0.29, 0.717) is 23.7 Å². The molecule has 0 radical (unpaired) electrons. The van der Waals surface area contributed by atoms with Crippen LogP contribution in [0.15, 0.2) is 121 Å². The molecular weight excluding hydrogens is 474 g/mol. The molecule has 6 aromatic rings. The Morgan fingerprint density at radius 3 is 2.11 bits per heavy atom. The third-order valence-electron chi connectivity index (χ3n) is 6.33. The highest BCUT2D eigenvalue weighted by atomic mass is 16.5. The van der Waals surface area contributed by atoms with E-state index in [-0.39, 0.29) is 5.69 Å². The summed E-state index contributed by atoms with van der Waals surface area (Å²) in [6, 6.07) is 39.4. The number of carbonyl (C=O) groups is 1. The van der Waals surface area contributed by atoms with Crippen molar-refractivity contribution in [1.29, 1.82) is 0 Å². The molecule has 0 aliphatic carbocycles. The van der Waals surface area contributed by atoms with E-state index in [2.05, 4.69) is 29.4 Å². The van der Waals surface area contributed by atoms with Crippen LogP contribution < -0.4 is 4.74 Å². The average Bonchev–Trinajstić information content (AvgIpc) is 3.42. The molecule has 2 heterocycles. The number of aromatic carboxylic acids is 1. The maximum atomic E-state index is 11.7. The van der Waals surface area contributed by atoms with Gasteiger partial charge in [-0.25, -0.2) is 14.3 Å². The van der Waals surface area contributed by atoms with Crippen LogP contribution in [0.4, 0.5) is 0 Å². The second kappa shape index (κ2) is 10.0. The molecule has 6 heteroatoms. The van der Waals surface area contributed by atoms with Crippen molar-refractivity contribution in [1.82, 2.24) is 14.6 Å². The van der Waals surface area contributed by atoms with Crippen LogP contribution in [0.5, 0.6) is 5.75 Å². The maximum Gasteiger partial charge on any atom is 0.356 e. The van der Waals surface area contributed by atoms with Gasteiger partial charge in [0.1, 0.15) is 12.4 Å². The highest BCUT2D eigenvalue weighted by Gasteiger charge is 2.17. The molecule has 4 aromatic carbocycles. The third kappa shape index (κ3) is 4.63. The molecule has 0 spiro atoms. The Hall–Kier alpha value is -5.23. The van der Waals surface area contributed by atoms with Gasteiger partial charge < -0.3 is 9.84 Å². The molecule has 0 saturated carbocycles. The van der Waals surface area contributed by atoms with Crippen molar-refractivity contribution in [3.8, 4) is 39.4 Å². The van der Waals surface area contributed by atoms with Crippen molar-refractivity contribution in [3.63, 3.8) is 0 Å². The molecule has 38 heavy (non-hydrogen) atoms. The number of fused-ring (bicyclic) bond motifs is 1. The van der Waals surface area contributed by atoms with Crippen LogP contribution >= 0.6 is 0 Å². The van der Waals surface area contributed by atoms with Gasteiger partial charge in [-0.15, -0.1) is 0 Å². The predicted molar refractivity (Wildman–Crippen MR) is 147 cm³/mol. The average molecular weight is 498 g/mol. The van der Waals surface area contributed by atoms with Crippen molar-refractivity contribution in [2.24, 2.45) is 0 Å². The largest absolute Gasteiger partial charge is 0.488 e. The van der Waals surface area contributed by atoms with Crippen LogP contribution in [-0.4, -0.2) is 25.7 Å². The van der Waals surface area contributed by atoms with Crippen LogP contribution in [0.3, 0.4) is 0 Å². The molecule has 0 atom stereocenters. The Labute approximate surface area is 219 Å². The second-order valence-electron chi connectivity index (χ2n) is 8.85. The molecule has 2 aromatic heterocycles. The molecule has 0 aliphatic rings. The van der Waals surface area contributed by atoms with E-state index in [1.54, 1.807) is 4.52 Å². The van der Waals surface area contributed by atoms with E-state index in [0.717, 1.165) is 33.5 Å². The summed E-state index contributed by atoms with van der Waals surface area (Å²) >= 11 is 0. The van der Waals surface area contributed by atoms with Gasteiger partial charge >= 0.3 is 5.97 Å². The van der Waals surface area contributed by atoms with Crippen LogP contribution in [0.2, 0.25) is 0 Å². The van der Waals surface area contributed by atoms with Gasteiger partial charge in [-0.05, 0) is 34.9 Å². The number of hydrogen-bond acceptors (Lipinski definition) is 4. The molecule has 0 amide bonds. The van der Waals surface area contributed by atoms with Gasteiger partial charge in [0.2, 0.25) is 0 Å². The number of benzene rings is 4. The van der Waals surface area contributed by atoms with Crippen LogP contribution in [0.25, 0.3) is 39.3 Å². The summed E-state index contributed by atoms with van der Waals surface area (Å²) in [5.41, 5.74) is 6.75. The number of carboxylic acid groups (broad SMARTS) is 1. The SMILES string of the molecule is O=C(O)c1cc2nc(-c3ccccc3OCc3ccccc3)cc(-c3ccc(-c4ccccc4)cc3)n2n1. The molecule has 6 rings (SSSR count). The summed E-state index contributed by atoms with van der Waals surface area (Å²) in [6.45, 7) is 0.420. The molecule has 6 nitrogen and oxygen atoms in total. The molecule has 0 bridgehead atoms. The summed E-state index contributed by atoms with van der Waals surface area (Å²) in [7, 11) is 0. The standard InChI is InChI=1S/C32H23N3O3/c36-32(37)28-20-31-33-27(26-13-7-8-14-30(26)38-21-22-9-3-1-4-10-22)19-29(35(31)34-28)25-17-15-24(16-18-25)23-11-5-2-6-12-23/h1-20H,21H2,(H,36,37). The lowest BCUT2D eigenvalue weighted by Gasteiger charge is -2.13. The number of rotatable bonds is 7. The number of para-hydroxylation sites is 1. The third-order valence-corrected chi connectivity index (χ3v) is 6.33. The van der Waals surface area contributed by atoms with E-state index in [9.17, 15) is 9.90 Å². The van der Waals surface area contributed by atoms with E-state index in [4.69, 9.17) is 9.72 Å². The smallest absolute Gasteiger partial charge is 0.356 e. The molecule has 184 valence electrons. The van der Waals surface area contributed by atoms with Crippen molar-refractivity contribution < 1.29 is 14.6 Å². The van der Waals surface area contributed by atoms with Crippen molar-refractivity contribution in [2.75, 3.05) is 0 Å². The van der Waals surface area contributed by atoms with Crippen molar-refractivity contribution in [2.45, 2.75) is 6.61 Å². The fourth-order valence-electron chi connectivity index (χ4n) is 4.43. The monoisotopic (exact) mass is 497 g/mol. The normalized spacial score (nSPS) is 10.9. The highest BCUT2D eigenvalue weighted by Crippen LogP contribution is 2.33. The van der Waals surface area contributed by atoms with Crippen LogP contribution in [0, 0.1) is 0 Å². The number of ether oxygens (including phenoxy) is 1. The lowest BCUT2D eigenvalue weighted by Crippen LogP contribution is -2.02. The minimum absolute atomic E-state index is 0.0644. The fraction of sp³-hybridized carbons (Fsp3) is 0.0312. The van der Waals surface area contributed by atoms with E-state index < -0.39 is 5.97 Å². The number of hydrogen-bond donors (Lipinski definition) is 1. The molecule has 0 unspecified atom stereocenters. The van der Waals surface area contributed by atoms with Gasteiger partial charge in [-0.3, -0.25) is 0 Å². The molecule has 1 N–H and O–H groups in total. The molecular formula is C32H23N3O3. The summed E-state index contributed by atoms with van der Waals surface area (Å²) in [5, 5.41) is 13.9. The first-order valence-electron chi connectivity index (χ1n) is 12.2. The number of nitrogens with zero attached hydrogens (tertiary/aromatic N) is 3. The van der Waals surface area contributed by atoms with Crippen molar-refractivity contribution >= 4 is 11.6 Å². The molecule has 0 saturated heterocycles. The molecule has 0 aliphatic heterocycles. The van der Waals surface area contributed by atoms with E-state index in [1.807, 2.05) is 91.0 Å². The Kier molecular flexibility index (Phi) is 6.12. The Balaban J connectivity index is 1.44. The minimum Gasteiger partial charge on any atom is -0.488 e. The fourth-order valence-corrected chi connectivity index (χ4v) is 4.43. The Morgan fingerprint density at radius 1 is 0.737 bits per heavy atom. The Morgan fingerprint density at radius 2 is 1.37 bits per heavy atom. The zero-order chi connectivity index (χ0) is 25.9. The molecule has 0 fully saturated rings. The summed E-state index contributed by atoms with van der Waals surface area (Å²) in [4.78, 5) is 16.5. The number of carboxylic acids is 1. The predicted octanol–water partition coefficient (Wildman–Crippen LogP) is 7.01. The first-order valence-corrected chi connectivity index (χ1v) is 12.2. The lowest BCUT2D eigenvalue weighted by molar-refractivity contribution is 0.0690. The first kappa shape index (κ1) is 23.2. The van der Waals surface area contributed by atoms with Gasteiger partial charge in [0.25, 0.3) is 0 Å². The van der Waals surface area contributed by atoms with Crippen LogP contribution in [0.1, 0.15) is 16.1 Å². The number of aromatic nitrogens is 3. The van der Waals surface area contributed by atoms with Gasteiger partial charge in [-0.1, -0.05) is 97.1 Å². The highest BCUT2D eigenvalue weighted by molar-refractivity contribution is 5.87.